The topological polar surface area (TPSA) is 124 Å². The lowest BCUT2D eigenvalue weighted by Gasteiger charge is -2.13. The molecule has 7 heteroatoms. The molecule has 0 spiro atoms. The van der Waals surface area contributed by atoms with Crippen molar-refractivity contribution in [3.63, 3.8) is 0 Å². The average Bonchev–Trinajstić information content (AvgIpc) is 2.68. The molecule has 0 aliphatic heterocycles. The Morgan fingerprint density at radius 2 is 1.63 bits per heavy atom. The van der Waals surface area contributed by atoms with Crippen molar-refractivity contribution in [1.29, 1.82) is 10.5 Å². The van der Waals surface area contributed by atoms with Gasteiger partial charge in [-0.25, -0.2) is 9.78 Å². The molecule has 3 rings (SSSR count). The van der Waals surface area contributed by atoms with Gasteiger partial charge in [0.1, 0.15) is 28.5 Å². The molecule has 0 saturated carbocycles. The first-order chi connectivity index (χ1) is 13.0. The van der Waals surface area contributed by atoms with Gasteiger partial charge in [0, 0.05) is 10.5 Å². The van der Waals surface area contributed by atoms with Gasteiger partial charge in [0.05, 0.1) is 11.1 Å². The summed E-state index contributed by atoms with van der Waals surface area (Å²) in [6.07, 6.45) is 0. The number of carboxylic acids is 1. The number of rotatable bonds is 4. The van der Waals surface area contributed by atoms with Crippen molar-refractivity contribution in [2.45, 2.75) is 9.92 Å². The maximum atomic E-state index is 11.1. The maximum Gasteiger partial charge on any atom is 0.335 e. The zero-order valence-electron chi connectivity index (χ0n) is 13.9. The number of anilines is 1. The molecule has 6 nitrogen and oxygen atoms in total. The maximum absolute atomic E-state index is 11.1. The third-order valence-electron chi connectivity index (χ3n) is 3.79. The van der Waals surface area contributed by atoms with E-state index in [0.717, 1.165) is 4.90 Å². The largest absolute Gasteiger partial charge is 0.478 e. The number of benzene rings is 2. The molecule has 0 unspecified atom stereocenters. The molecule has 0 bridgehead atoms. The fraction of sp³-hybridized carbons (Fsp3) is 0. The highest BCUT2D eigenvalue weighted by molar-refractivity contribution is 7.99. The van der Waals surface area contributed by atoms with Gasteiger partial charge in [0.2, 0.25) is 0 Å². The molecule has 3 aromatic rings. The third-order valence-corrected chi connectivity index (χ3v) is 4.79. The van der Waals surface area contributed by atoms with Crippen molar-refractivity contribution in [3.05, 3.63) is 71.3 Å². The number of nitrogen functional groups attached to an aromatic ring is 1. The van der Waals surface area contributed by atoms with Gasteiger partial charge in [-0.2, -0.15) is 10.5 Å². The van der Waals surface area contributed by atoms with E-state index in [-0.39, 0.29) is 22.5 Å². The second kappa shape index (κ2) is 7.61. The Labute approximate surface area is 159 Å². The second-order valence-corrected chi connectivity index (χ2v) is 6.51. The van der Waals surface area contributed by atoms with Crippen LogP contribution in [0.2, 0.25) is 0 Å². The number of hydrogen-bond acceptors (Lipinski definition) is 6. The number of hydrogen-bond donors (Lipinski definition) is 2. The van der Waals surface area contributed by atoms with Crippen LogP contribution in [0.5, 0.6) is 0 Å². The first-order valence-electron chi connectivity index (χ1n) is 7.75. The van der Waals surface area contributed by atoms with E-state index in [2.05, 4.69) is 11.1 Å². The molecule has 2 aromatic carbocycles. The van der Waals surface area contributed by atoms with Crippen LogP contribution < -0.4 is 5.73 Å². The summed E-state index contributed by atoms with van der Waals surface area (Å²) in [5.74, 6) is -1.04. The lowest BCUT2D eigenvalue weighted by Crippen LogP contribution is -2.03. The van der Waals surface area contributed by atoms with Crippen LogP contribution in [0.25, 0.3) is 11.1 Å². The van der Waals surface area contributed by atoms with E-state index < -0.39 is 5.97 Å². The molecule has 1 heterocycles. The number of nitrogens with two attached hydrogens (primary N) is 1. The Morgan fingerprint density at radius 1 is 1.00 bits per heavy atom. The summed E-state index contributed by atoms with van der Waals surface area (Å²) < 4.78 is 0. The van der Waals surface area contributed by atoms with E-state index in [0.29, 0.717) is 16.2 Å². The third kappa shape index (κ3) is 3.59. The number of nitrogens with zero attached hydrogens (tertiary/aromatic N) is 3. The zero-order valence-corrected chi connectivity index (χ0v) is 14.7. The molecule has 0 aliphatic rings. The number of nitriles is 2. The monoisotopic (exact) mass is 372 g/mol. The zero-order chi connectivity index (χ0) is 19.4. The van der Waals surface area contributed by atoms with E-state index >= 15 is 0 Å². The van der Waals surface area contributed by atoms with Crippen LogP contribution in [0.1, 0.15) is 21.5 Å². The molecule has 0 aliphatic carbocycles. The van der Waals surface area contributed by atoms with Crippen molar-refractivity contribution in [1.82, 2.24) is 4.98 Å². The summed E-state index contributed by atoms with van der Waals surface area (Å²) in [6.45, 7) is 0. The van der Waals surface area contributed by atoms with Crippen LogP contribution in [0.4, 0.5) is 5.82 Å². The van der Waals surface area contributed by atoms with Crippen molar-refractivity contribution in [3.8, 4) is 23.3 Å². The van der Waals surface area contributed by atoms with Crippen LogP contribution in [-0.2, 0) is 0 Å². The number of carbonyl (C=O) groups is 1. The van der Waals surface area contributed by atoms with Crippen LogP contribution in [0.15, 0.2) is 64.5 Å². The minimum atomic E-state index is -1.06. The van der Waals surface area contributed by atoms with Crippen molar-refractivity contribution < 1.29 is 9.90 Å². The highest BCUT2D eigenvalue weighted by Crippen LogP contribution is 2.38. The smallest absolute Gasteiger partial charge is 0.335 e. The summed E-state index contributed by atoms with van der Waals surface area (Å²) in [7, 11) is 0. The average molecular weight is 372 g/mol. The van der Waals surface area contributed by atoms with Crippen molar-refractivity contribution >= 4 is 23.5 Å². The first kappa shape index (κ1) is 18.0. The molecule has 0 atom stereocenters. The quantitative estimate of drug-likeness (QED) is 0.711. The minimum Gasteiger partial charge on any atom is -0.478 e. The molecule has 1 aromatic heterocycles. The van der Waals surface area contributed by atoms with Gasteiger partial charge in [-0.05, 0) is 29.8 Å². The Hall–Kier alpha value is -3.81. The van der Waals surface area contributed by atoms with Crippen LogP contribution in [0, 0.1) is 22.7 Å². The van der Waals surface area contributed by atoms with Crippen LogP contribution in [0.3, 0.4) is 0 Å². The van der Waals surface area contributed by atoms with Gasteiger partial charge >= 0.3 is 5.97 Å². The Balaban J connectivity index is 2.21. The highest BCUT2D eigenvalue weighted by Gasteiger charge is 2.21. The summed E-state index contributed by atoms with van der Waals surface area (Å²) >= 11 is 1.27. The highest BCUT2D eigenvalue weighted by atomic mass is 32.2. The lowest BCUT2D eigenvalue weighted by atomic mass is 9.96. The lowest BCUT2D eigenvalue weighted by molar-refractivity contribution is 0.0697. The van der Waals surface area contributed by atoms with Gasteiger partial charge in [0.15, 0.2) is 0 Å². The van der Waals surface area contributed by atoms with Gasteiger partial charge < -0.3 is 10.8 Å². The first-order valence-corrected chi connectivity index (χ1v) is 8.57. The van der Waals surface area contributed by atoms with E-state index in [9.17, 15) is 15.3 Å². The van der Waals surface area contributed by atoms with Gasteiger partial charge in [-0.3, -0.25) is 0 Å². The van der Waals surface area contributed by atoms with E-state index in [1.54, 1.807) is 12.1 Å². The van der Waals surface area contributed by atoms with Crippen LogP contribution in [-0.4, -0.2) is 16.1 Å². The normalized spacial score (nSPS) is 10.0. The molecule has 27 heavy (non-hydrogen) atoms. The predicted octanol–water partition coefficient (Wildman–Crippen LogP) is 3.92. The summed E-state index contributed by atoms with van der Waals surface area (Å²) in [6, 6.07) is 19.4. The second-order valence-electron chi connectivity index (χ2n) is 5.45. The van der Waals surface area contributed by atoms with Gasteiger partial charge in [-0.15, -0.1) is 0 Å². The SMILES string of the molecule is N#Cc1c(N)nc(Sc2ccccc2)c(C#N)c1-c1ccc(C(=O)O)cc1. The molecular weight excluding hydrogens is 360 g/mol. The number of carboxylic acid groups (broad SMARTS) is 1. The Kier molecular flexibility index (Phi) is 5.07. The van der Waals surface area contributed by atoms with Crippen molar-refractivity contribution in [2.75, 3.05) is 5.73 Å². The summed E-state index contributed by atoms with van der Waals surface area (Å²) in [5, 5.41) is 28.7. The Bertz CT molecular complexity index is 1100. The molecule has 130 valence electrons. The van der Waals surface area contributed by atoms with Crippen LogP contribution >= 0.6 is 11.8 Å². The predicted molar refractivity (Wildman–Crippen MR) is 101 cm³/mol. The number of aromatic nitrogens is 1. The molecule has 3 N–H and O–H groups in total. The Morgan fingerprint density at radius 3 is 2.19 bits per heavy atom. The summed E-state index contributed by atoms with van der Waals surface area (Å²) in [5.41, 5.74) is 7.27. The molecule has 0 radical (unpaired) electrons. The molecule has 0 fully saturated rings. The number of aromatic carboxylic acids is 1. The fourth-order valence-electron chi connectivity index (χ4n) is 2.54. The molecule has 0 saturated heterocycles. The molecule has 0 amide bonds. The van der Waals surface area contributed by atoms with E-state index in [4.69, 9.17) is 10.8 Å². The minimum absolute atomic E-state index is 0.0206. The van der Waals surface area contributed by atoms with Crippen molar-refractivity contribution in [2.24, 2.45) is 0 Å². The van der Waals surface area contributed by atoms with Gasteiger partial charge in [-0.1, -0.05) is 42.1 Å². The fourth-order valence-corrected chi connectivity index (χ4v) is 3.45. The van der Waals surface area contributed by atoms with E-state index in [1.807, 2.05) is 36.4 Å². The summed E-state index contributed by atoms with van der Waals surface area (Å²) in [4.78, 5) is 16.2. The molecular formula is C20H12N4O2S. The standard InChI is InChI=1S/C20H12N4O2S/c21-10-15-17(12-6-8-13(9-7-12)20(25)26)16(11-22)19(24-18(15)23)27-14-4-2-1-3-5-14/h1-9H,(H2,23,24)(H,25,26). The number of pyridine rings is 1. The van der Waals surface area contributed by atoms with Gasteiger partial charge in [0.25, 0.3) is 0 Å². The van der Waals surface area contributed by atoms with E-state index in [1.165, 1.54) is 23.9 Å².